The van der Waals surface area contributed by atoms with E-state index in [9.17, 15) is 14.3 Å². The first kappa shape index (κ1) is 13.9. The van der Waals surface area contributed by atoms with Gasteiger partial charge in [-0.05, 0) is 12.1 Å². The third-order valence-electron chi connectivity index (χ3n) is 2.64. The van der Waals surface area contributed by atoms with Gasteiger partial charge in [0.1, 0.15) is 22.4 Å². The minimum Gasteiger partial charge on any atom is -0.507 e. The van der Waals surface area contributed by atoms with Gasteiger partial charge in [0.25, 0.3) is 5.91 Å². The number of nitrogens with two attached hydrogens (primary N) is 1. The number of halogens is 1. The number of rotatable bonds is 3. The van der Waals surface area contributed by atoms with Crippen LogP contribution < -0.4 is 11.1 Å². The van der Waals surface area contributed by atoms with Crippen LogP contribution in [0.25, 0.3) is 0 Å². The van der Waals surface area contributed by atoms with Gasteiger partial charge in [0, 0.05) is 13.1 Å². The highest BCUT2D eigenvalue weighted by Crippen LogP contribution is 2.21. The number of aryl methyl sites for hydroxylation is 1. The highest BCUT2D eigenvalue weighted by molar-refractivity contribution is 7.80. The second-order valence-electron chi connectivity index (χ2n) is 4.01. The van der Waals surface area contributed by atoms with Gasteiger partial charge in [0.05, 0.1) is 17.3 Å². The van der Waals surface area contributed by atoms with E-state index >= 15 is 0 Å². The molecule has 1 heterocycles. The number of benzene rings is 1. The zero-order valence-corrected chi connectivity index (χ0v) is 11.2. The fraction of sp³-hybridized carbons (Fsp3) is 0.0833. The summed E-state index contributed by atoms with van der Waals surface area (Å²) < 4.78 is 14.3. The minimum atomic E-state index is -0.636. The molecule has 6 nitrogen and oxygen atoms in total. The van der Waals surface area contributed by atoms with Crippen LogP contribution in [0, 0.1) is 5.82 Å². The van der Waals surface area contributed by atoms with Crippen molar-refractivity contribution in [2.24, 2.45) is 12.8 Å². The Balaban J connectivity index is 2.33. The van der Waals surface area contributed by atoms with Gasteiger partial charge in [0.15, 0.2) is 0 Å². The van der Waals surface area contributed by atoms with Crippen LogP contribution in [-0.2, 0) is 7.05 Å². The Morgan fingerprint density at radius 1 is 1.50 bits per heavy atom. The molecule has 0 spiro atoms. The molecule has 0 aliphatic rings. The lowest BCUT2D eigenvalue weighted by molar-refractivity contribution is 0.102. The number of carbonyl (C=O) groups excluding carboxylic acids is 1. The molecule has 2 rings (SSSR count). The van der Waals surface area contributed by atoms with Crippen LogP contribution >= 0.6 is 12.2 Å². The van der Waals surface area contributed by atoms with Gasteiger partial charge in [-0.3, -0.25) is 9.48 Å². The summed E-state index contributed by atoms with van der Waals surface area (Å²) in [5.74, 6) is -1.42. The van der Waals surface area contributed by atoms with Gasteiger partial charge < -0.3 is 16.2 Å². The highest BCUT2D eigenvalue weighted by atomic mass is 32.1. The molecule has 4 N–H and O–H groups in total. The van der Waals surface area contributed by atoms with E-state index in [1.54, 1.807) is 7.05 Å². The van der Waals surface area contributed by atoms with Crippen LogP contribution in [0.1, 0.15) is 15.9 Å². The molecule has 0 unspecified atom stereocenters. The molecule has 0 radical (unpaired) electrons. The van der Waals surface area contributed by atoms with Crippen LogP contribution in [0.5, 0.6) is 5.75 Å². The molecule has 0 saturated carbocycles. The normalized spacial score (nSPS) is 10.3. The van der Waals surface area contributed by atoms with Crippen LogP contribution in [0.2, 0.25) is 0 Å². The largest absolute Gasteiger partial charge is 0.507 e. The van der Waals surface area contributed by atoms with E-state index in [1.807, 2.05) is 0 Å². The summed E-state index contributed by atoms with van der Waals surface area (Å²) in [7, 11) is 1.60. The number of thiocarbonyl (C=S) groups is 1. The summed E-state index contributed by atoms with van der Waals surface area (Å²) in [4.78, 5) is 12.1. The molecule has 20 heavy (non-hydrogen) atoms. The van der Waals surface area contributed by atoms with E-state index in [1.165, 1.54) is 16.9 Å². The lowest BCUT2D eigenvalue weighted by Crippen LogP contribution is -2.19. The molecule has 0 fully saturated rings. The van der Waals surface area contributed by atoms with Crippen molar-refractivity contribution >= 4 is 28.9 Å². The average Bonchev–Trinajstić information content (AvgIpc) is 2.71. The molecule has 0 atom stereocenters. The smallest absolute Gasteiger partial charge is 0.260 e. The first-order chi connectivity index (χ1) is 9.40. The molecular weight excluding hydrogens is 283 g/mol. The fourth-order valence-electron chi connectivity index (χ4n) is 1.64. The predicted octanol–water partition coefficient (Wildman–Crippen LogP) is 1.15. The van der Waals surface area contributed by atoms with Crippen LogP contribution in [0.15, 0.2) is 24.4 Å². The number of aromatic hydroxyl groups is 1. The molecule has 1 amide bonds. The van der Waals surface area contributed by atoms with E-state index in [-0.39, 0.29) is 10.6 Å². The molecule has 0 saturated heterocycles. The summed E-state index contributed by atoms with van der Waals surface area (Å²) in [6.07, 6.45) is 1.42. The molecule has 104 valence electrons. The Hall–Kier alpha value is -2.48. The van der Waals surface area contributed by atoms with Crippen molar-refractivity contribution < 1.29 is 14.3 Å². The second kappa shape index (κ2) is 5.25. The molecule has 0 aliphatic carbocycles. The van der Waals surface area contributed by atoms with Crippen molar-refractivity contribution in [3.05, 3.63) is 41.3 Å². The van der Waals surface area contributed by atoms with Crippen molar-refractivity contribution in [1.29, 1.82) is 0 Å². The maximum atomic E-state index is 12.9. The maximum Gasteiger partial charge on any atom is 0.260 e. The van der Waals surface area contributed by atoms with Crippen molar-refractivity contribution in [2.45, 2.75) is 0 Å². The number of hydrogen-bond donors (Lipinski definition) is 3. The van der Waals surface area contributed by atoms with E-state index in [0.717, 1.165) is 12.1 Å². The summed E-state index contributed by atoms with van der Waals surface area (Å²) in [5, 5.41) is 16.0. The number of hydrogen-bond acceptors (Lipinski definition) is 4. The molecule has 0 bridgehead atoms. The molecular formula is C12H11FN4O2S. The first-order valence-corrected chi connectivity index (χ1v) is 5.92. The zero-order chi connectivity index (χ0) is 14.9. The number of carbonyl (C=O) groups is 1. The number of nitrogens with zero attached hydrogens (tertiary/aromatic N) is 2. The number of phenolic OH excluding ortho intramolecular Hbond substituents is 1. The summed E-state index contributed by atoms with van der Waals surface area (Å²) in [6.45, 7) is 0. The van der Waals surface area contributed by atoms with E-state index in [4.69, 9.17) is 18.0 Å². The van der Waals surface area contributed by atoms with Gasteiger partial charge in [-0.15, -0.1) is 0 Å². The first-order valence-electron chi connectivity index (χ1n) is 5.52. The minimum absolute atomic E-state index is 0.0681. The number of phenols is 1. The Labute approximate surface area is 119 Å². The van der Waals surface area contributed by atoms with Crippen LogP contribution in [0.4, 0.5) is 10.2 Å². The monoisotopic (exact) mass is 294 g/mol. The average molecular weight is 294 g/mol. The quantitative estimate of drug-likeness (QED) is 0.738. The predicted molar refractivity (Wildman–Crippen MR) is 75.1 cm³/mol. The Morgan fingerprint density at radius 2 is 2.20 bits per heavy atom. The number of nitrogens with one attached hydrogen (secondary N) is 1. The Bertz CT molecular complexity index is 699. The standard InChI is InChI=1S/C12H11FN4O2S/c1-17-11(8(5-15-17)10(14)20)16-12(19)7-3-2-6(13)4-9(7)18/h2-5,18H,1H3,(H2,14,20)(H,16,19). The highest BCUT2D eigenvalue weighted by Gasteiger charge is 2.17. The summed E-state index contributed by atoms with van der Waals surface area (Å²) in [5.41, 5.74) is 5.85. The number of aromatic nitrogens is 2. The van der Waals surface area contributed by atoms with Gasteiger partial charge in [-0.1, -0.05) is 12.2 Å². The van der Waals surface area contributed by atoms with Crippen molar-refractivity contribution in [3.8, 4) is 5.75 Å². The molecule has 0 aliphatic heterocycles. The van der Waals surface area contributed by atoms with Gasteiger partial charge in [-0.2, -0.15) is 5.10 Å². The number of amides is 1. The van der Waals surface area contributed by atoms with Crippen molar-refractivity contribution in [1.82, 2.24) is 9.78 Å². The van der Waals surface area contributed by atoms with Crippen LogP contribution in [-0.4, -0.2) is 25.8 Å². The van der Waals surface area contributed by atoms with Crippen molar-refractivity contribution in [2.75, 3.05) is 5.32 Å². The third kappa shape index (κ3) is 2.59. The Kier molecular flexibility index (Phi) is 3.66. The number of anilines is 1. The van der Waals surface area contributed by atoms with Gasteiger partial charge in [0.2, 0.25) is 0 Å². The van der Waals surface area contributed by atoms with E-state index in [2.05, 4.69) is 10.4 Å². The lowest BCUT2D eigenvalue weighted by atomic mass is 10.2. The van der Waals surface area contributed by atoms with Gasteiger partial charge in [-0.25, -0.2) is 4.39 Å². The van der Waals surface area contributed by atoms with Crippen molar-refractivity contribution in [3.63, 3.8) is 0 Å². The SMILES string of the molecule is Cn1ncc(C(N)=S)c1NC(=O)c1ccc(F)cc1O. The third-order valence-corrected chi connectivity index (χ3v) is 2.86. The topological polar surface area (TPSA) is 93.2 Å². The van der Waals surface area contributed by atoms with E-state index < -0.39 is 17.5 Å². The molecule has 1 aromatic heterocycles. The fourth-order valence-corrected chi connectivity index (χ4v) is 1.79. The lowest BCUT2D eigenvalue weighted by Gasteiger charge is -2.09. The Morgan fingerprint density at radius 3 is 2.80 bits per heavy atom. The van der Waals surface area contributed by atoms with Gasteiger partial charge >= 0.3 is 0 Å². The molecule has 8 heteroatoms. The summed E-state index contributed by atoms with van der Waals surface area (Å²) in [6, 6.07) is 3.11. The zero-order valence-electron chi connectivity index (χ0n) is 10.4. The van der Waals surface area contributed by atoms with E-state index in [0.29, 0.717) is 11.4 Å². The maximum absolute atomic E-state index is 12.9. The van der Waals surface area contributed by atoms with Crippen LogP contribution in [0.3, 0.4) is 0 Å². The molecule has 2 aromatic rings. The molecule has 1 aromatic carbocycles. The second-order valence-corrected chi connectivity index (χ2v) is 4.45. The summed E-state index contributed by atoms with van der Waals surface area (Å²) >= 11 is 4.85.